The molecule has 1 atom stereocenters. The van der Waals surface area contributed by atoms with Crippen molar-refractivity contribution in [3.8, 4) is 0 Å². The van der Waals surface area contributed by atoms with Crippen molar-refractivity contribution in [2.75, 3.05) is 0 Å². The molecule has 2 fully saturated rings. The predicted octanol–water partition coefficient (Wildman–Crippen LogP) is 0.109. The number of imide groups is 2. The smallest absolute Gasteiger partial charge is 0.330 e. The Morgan fingerprint density at radius 2 is 1.29 bits per heavy atom. The maximum Gasteiger partial charge on any atom is 0.330 e. The van der Waals surface area contributed by atoms with Gasteiger partial charge in [0, 0.05) is 39.0 Å². The first-order valence-corrected chi connectivity index (χ1v) is 6.73. The Morgan fingerprint density at radius 3 is 1.62 bits per heavy atom. The number of carbonyl (C=O) groups excluding carboxylic acids is 6. The maximum atomic E-state index is 11.1. The van der Waals surface area contributed by atoms with Crippen LogP contribution < -0.4 is 0 Å². The number of hydrogen-bond donors (Lipinski definition) is 0. The van der Waals surface area contributed by atoms with Crippen LogP contribution in [0.2, 0.25) is 0 Å². The number of rotatable bonds is 2. The molecule has 2 aliphatic rings. The number of amides is 4. The van der Waals surface area contributed by atoms with E-state index in [1.165, 1.54) is 0 Å². The molecule has 0 aromatic carbocycles. The van der Waals surface area contributed by atoms with Crippen molar-refractivity contribution in [2.24, 2.45) is 5.92 Å². The van der Waals surface area contributed by atoms with E-state index in [1.54, 1.807) is 6.92 Å². The van der Waals surface area contributed by atoms with Crippen LogP contribution in [0, 0.1) is 5.92 Å². The van der Waals surface area contributed by atoms with Crippen LogP contribution in [-0.2, 0) is 38.4 Å². The molecule has 134 valence electrons. The third kappa shape index (κ3) is 5.45. The van der Waals surface area contributed by atoms with Gasteiger partial charge in [0.2, 0.25) is 0 Å². The minimum absolute atomic E-state index is 0. The Hall–Kier alpha value is -2.78. The van der Waals surface area contributed by atoms with Crippen molar-refractivity contribution in [1.82, 2.24) is 10.1 Å². The van der Waals surface area contributed by atoms with Gasteiger partial charge in [-0.3, -0.25) is 19.2 Å². The molecule has 4 amide bonds. The largest absolute Gasteiger partial charge is 0.331 e. The first-order valence-electron chi connectivity index (χ1n) is 6.73. The SMILES string of the molecule is C.CC(=O)ON1C(=O)CC(C)C1=O.CC(=O)ON1C(=O)CCC1=O. The Morgan fingerprint density at radius 1 is 0.875 bits per heavy atom. The van der Waals surface area contributed by atoms with Crippen LogP contribution in [0.1, 0.15) is 47.5 Å². The van der Waals surface area contributed by atoms with Crippen molar-refractivity contribution in [3.05, 3.63) is 0 Å². The molecule has 2 aliphatic heterocycles. The average molecular weight is 344 g/mol. The standard InChI is InChI=1S/C7H9NO4.C6H7NO4.CH4/c1-4-3-6(10)8(7(4)11)12-5(2)9;1-4(8)11-7-5(9)2-3-6(7)10;/h4H,3H2,1-2H3;2-3H2,1H3;1H4. The number of nitrogens with zero attached hydrogens (tertiary/aromatic N) is 2. The molecule has 2 saturated heterocycles. The summed E-state index contributed by atoms with van der Waals surface area (Å²) < 4.78 is 0. The molecule has 1 unspecified atom stereocenters. The van der Waals surface area contributed by atoms with E-state index in [4.69, 9.17) is 0 Å². The van der Waals surface area contributed by atoms with E-state index in [1.807, 2.05) is 0 Å². The van der Waals surface area contributed by atoms with Crippen molar-refractivity contribution < 1.29 is 38.4 Å². The molecule has 2 rings (SSSR count). The van der Waals surface area contributed by atoms with Gasteiger partial charge in [-0.05, 0) is 0 Å². The molecule has 10 nitrogen and oxygen atoms in total. The lowest BCUT2D eigenvalue weighted by atomic mass is 10.1. The van der Waals surface area contributed by atoms with E-state index in [-0.39, 0.29) is 32.6 Å². The van der Waals surface area contributed by atoms with Crippen molar-refractivity contribution in [3.63, 3.8) is 0 Å². The van der Waals surface area contributed by atoms with Crippen LogP contribution in [0.3, 0.4) is 0 Å². The van der Waals surface area contributed by atoms with Gasteiger partial charge in [-0.25, -0.2) is 9.59 Å². The van der Waals surface area contributed by atoms with Crippen LogP contribution in [0.5, 0.6) is 0 Å². The van der Waals surface area contributed by atoms with E-state index >= 15 is 0 Å². The zero-order valence-electron chi connectivity index (χ0n) is 12.9. The van der Waals surface area contributed by atoms with Crippen molar-refractivity contribution in [2.45, 2.75) is 47.5 Å². The Kier molecular flexibility index (Phi) is 7.74. The Bertz CT molecular complexity index is 555. The van der Waals surface area contributed by atoms with E-state index in [0.29, 0.717) is 10.1 Å². The molecule has 0 aromatic heterocycles. The normalized spacial score (nSPS) is 19.5. The summed E-state index contributed by atoms with van der Waals surface area (Å²) >= 11 is 0. The monoisotopic (exact) mass is 344 g/mol. The average Bonchev–Trinajstić information content (AvgIpc) is 2.86. The highest BCUT2D eigenvalue weighted by atomic mass is 16.7. The van der Waals surface area contributed by atoms with E-state index in [2.05, 4.69) is 9.68 Å². The predicted molar refractivity (Wildman–Crippen MR) is 77.0 cm³/mol. The highest BCUT2D eigenvalue weighted by Gasteiger charge is 2.38. The highest BCUT2D eigenvalue weighted by molar-refractivity contribution is 6.03. The topological polar surface area (TPSA) is 127 Å². The third-order valence-corrected chi connectivity index (χ3v) is 2.77. The first kappa shape index (κ1) is 21.2. The van der Waals surface area contributed by atoms with Gasteiger partial charge in [0.05, 0.1) is 0 Å². The lowest BCUT2D eigenvalue weighted by Crippen LogP contribution is -2.32. The second kappa shape index (κ2) is 8.75. The van der Waals surface area contributed by atoms with Gasteiger partial charge < -0.3 is 9.68 Å². The molecule has 0 radical (unpaired) electrons. The van der Waals surface area contributed by atoms with Crippen LogP contribution in [0.25, 0.3) is 0 Å². The van der Waals surface area contributed by atoms with E-state index < -0.39 is 35.6 Å². The molecule has 0 bridgehead atoms. The summed E-state index contributed by atoms with van der Waals surface area (Å²) in [6.45, 7) is 3.89. The van der Waals surface area contributed by atoms with E-state index in [9.17, 15) is 28.8 Å². The molecule has 0 saturated carbocycles. The fourth-order valence-electron chi connectivity index (χ4n) is 1.77. The van der Waals surface area contributed by atoms with Gasteiger partial charge in [0.25, 0.3) is 23.6 Å². The zero-order valence-corrected chi connectivity index (χ0v) is 12.9. The second-order valence-corrected chi connectivity index (χ2v) is 4.88. The summed E-state index contributed by atoms with van der Waals surface area (Å²) in [6, 6.07) is 0. The summed E-state index contributed by atoms with van der Waals surface area (Å²) in [5, 5.41) is 1.05. The second-order valence-electron chi connectivity index (χ2n) is 4.88. The van der Waals surface area contributed by atoms with Gasteiger partial charge in [-0.15, -0.1) is 10.1 Å². The van der Waals surface area contributed by atoms with Gasteiger partial charge in [0.1, 0.15) is 0 Å². The summed E-state index contributed by atoms with van der Waals surface area (Å²) in [7, 11) is 0. The molecule has 0 aliphatic carbocycles. The fraction of sp³-hybridized carbons (Fsp3) is 0.571. The minimum atomic E-state index is -0.661. The van der Waals surface area contributed by atoms with Crippen LogP contribution in [-0.4, -0.2) is 45.7 Å². The lowest BCUT2D eigenvalue weighted by molar-refractivity contribution is -0.196. The summed E-state index contributed by atoms with van der Waals surface area (Å²) in [5.74, 6) is -3.51. The van der Waals surface area contributed by atoms with Crippen LogP contribution in [0.4, 0.5) is 0 Å². The fourth-order valence-corrected chi connectivity index (χ4v) is 1.77. The van der Waals surface area contributed by atoms with Crippen LogP contribution in [0.15, 0.2) is 0 Å². The van der Waals surface area contributed by atoms with Gasteiger partial charge in [0.15, 0.2) is 0 Å². The highest BCUT2D eigenvalue weighted by Crippen LogP contribution is 2.18. The summed E-state index contributed by atoms with van der Waals surface area (Å²) in [5.41, 5.74) is 0. The Balaban J connectivity index is 0.000000425. The molecule has 0 N–H and O–H groups in total. The lowest BCUT2D eigenvalue weighted by Gasteiger charge is -2.10. The molecule has 24 heavy (non-hydrogen) atoms. The molecule has 0 aromatic rings. The molecule has 2 heterocycles. The van der Waals surface area contributed by atoms with Gasteiger partial charge in [-0.2, -0.15) is 0 Å². The first-order chi connectivity index (χ1) is 10.6. The minimum Gasteiger partial charge on any atom is -0.331 e. The van der Waals surface area contributed by atoms with Crippen molar-refractivity contribution in [1.29, 1.82) is 0 Å². The molecule has 0 spiro atoms. The summed E-state index contributed by atoms with van der Waals surface area (Å²) in [6.07, 6.45) is 0.379. The van der Waals surface area contributed by atoms with Gasteiger partial charge in [-0.1, -0.05) is 14.4 Å². The molecular weight excluding hydrogens is 324 g/mol. The maximum absolute atomic E-state index is 11.1. The van der Waals surface area contributed by atoms with Gasteiger partial charge >= 0.3 is 11.9 Å². The zero-order chi connectivity index (χ0) is 17.7. The molecular formula is C14H20N2O8. The number of hydrogen-bond acceptors (Lipinski definition) is 8. The number of hydroxylamine groups is 4. The van der Waals surface area contributed by atoms with Crippen LogP contribution >= 0.6 is 0 Å². The Labute approximate surface area is 138 Å². The number of carbonyl (C=O) groups is 6. The summed E-state index contributed by atoms with van der Waals surface area (Å²) in [4.78, 5) is 73.0. The van der Waals surface area contributed by atoms with E-state index in [0.717, 1.165) is 13.8 Å². The van der Waals surface area contributed by atoms with Crippen molar-refractivity contribution >= 4 is 35.6 Å². The third-order valence-electron chi connectivity index (χ3n) is 2.77. The molecule has 10 heteroatoms. The quantitative estimate of drug-likeness (QED) is 0.646.